The standard InChI is InChI=1S/C34H24/c1-2-7-28-21-29(17-13-23(28)5-1)24-9-11-25(12-10-24)30-19-20-33-31(22-30)18-16-27-15-14-26-6-3-4-8-32(26)34(27)33/h1-15,17,19-22H,16,18H2. The van der Waals surface area contributed by atoms with Gasteiger partial charge in [-0.05, 0) is 85.0 Å². The van der Waals surface area contributed by atoms with Gasteiger partial charge in [-0.25, -0.2) is 0 Å². The van der Waals surface area contributed by atoms with Gasteiger partial charge >= 0.3 is 0 Å². The van der Waals surface area contributed by atoms with Crippen molar-refractivity contribution in [2.75, 3.05) is 0 Å². The third-order valence-corrected chi connectivity index (χ3v) is 7.35. The van der Waals surface area contributed by atoms with Crippen molar-refractivity contribution in [3.05, 3.63) is 132 Å². The number of hydrogen-bond donors (Lipinski definition) is 0. The maximum Gasteiger partial charge on any atom is -0.00704 e. The molecule has 6 aromatic carbocycles. The molecule has 0 atom stereocenters. The van der Waals surface area contributed by atoms with Crippen LogP contribution in [0.25, 0.3) is 54.9 Å². The zero-order valence-electron chi connectivity index (χ0n) is 19.0. The number of rotatable bonds is 2. The minimum Gasteiger partial charge on any atom is -0.0616 e. The predicted octanol–water partition coefficient (Wildman–Crippen LogP) is 9.09. The minimum atomic E-state index is 1.10. The molecule has 1 aliphatic rings. The van der Waals surface area contributed by atoms with E-state index in [9.17, 15) is 0 Å². The van der Waals surface area contributed by atoms with Crippen LogP contribution < -0.4 is 0 Å². The average Bonchev–Trinajstić information content (AvgIpc) is 2.92. The van der Waals surface area contributed by atoms with E-state index in [0.29, 0.717) is 0 Å². The van der Waals surface area contributed by atoms with E-state index in [2.05, 4.69) is 121 Å². The van der Waals surface area contributed by atoms with Gasteiger partial charge in [-0.3, -0.25) is 0 Å². The molecule has 0 heteroatoms. The average molecular weight is 433 g/mol. The highest BCUT2D eigenvalue weighted by atomic mass is 14.2. The lowest BCUT2D eigenvalue weighted by molar-refractivity contribution is 0.945. The Morgan fingerprint density at radius 2 is 0.971 bits per heavy atom. The van der Waals surface area contributed by atoms with Crippen molar-refractivity contribution < 1.29 is 0 Å². The van der Waals surface area contributed by atoms with Crippen molar-refractivity contribution in [3.63, 3.8) is 0 Å². The molecular weight excluding hydrogens is 408 g/mol. The van der Waals surface area contributed by atoms with Crippen molar-refractivity contribution in [2.24, 2.45) is 0 Å². The Labute approximate surface area is 200 Å². The summed E-state index contributed by atoms with van der Waals surface area (Å²) in [5, 5.41) is 5.26. The van der Waals surface area contributed by atoms with E-state index in [0.717, 1.165) is 12.8 Å². The second kappa shape index (κ2) is 7.71. The maximum absolute atomic E-state index is 2.41. The highest BCUT2D eigenvalue weighted by Crippen LogP contribution is 2.40. The first-order valence-electron chi connectivity index (χ1n) is 12.1. The van der Waals surface area contributed by atoms with Crippen LogP contribution in [-0.4, -0.2) is 0 Å². The Bertz CT molecular complexity index is 1690. The Kier molecular flexibility index (Phi) is 4.38. The van der Waals surface area contributed by atoms with Gasteiger partial charge in [0.1, 0.15) is 0 Å². The van der Waals surface area contributed by atoms with Gasteiger partial charge in [-0.1, -0.05) is 115 Å². The first kappa shape index (κ1) is 19.3. The van der Waals surface area contributed by atoms with Crippen molar-refractivity contribution in [2.45, 2.75) is 12.8 Å². The molecule has 7 rings (SSSR count). The largest absolute Gasteiger partial charge is 0.0616 e. The van der Waals surface area contributed by atoms with Crippen LogP contribution >= 0.6 is 0 Å². The third-order valence-electron chi connectivity index (χ3n) is 7.35. The molecule has 0 nitrogen and oxygen atoms in total. The summed E-state index contributed by atoms with van der Waals surface area (Å²) in [6, 6.07) is 44.7. The van der Waals surface area contributed by atoms with Gasteiger partial charge in [0.2, 0.25) is 0 Å². The second-order valence-corrected chi connectivity index (χ2v) is 9.33. The highest BCUT2D eigenvalue weighted by molar-refractivity contribution is 6.00. The van der Waals surface area contributed by atoms with Crippen LogP contribution in [0.5, 0.6) is 0 Å². The fraction of sp³-hybridized carbons (Fsp3) is 0.0588. The Hall–Kier alpha value is -4.16. The molecule has 0 fully saturated rings. The van der Waals surface area contributed by atoms with Gasteiger partial charge in [0.05, 0.1) is 0 Å². The van der Waals surface area contributed by atoms with Gasteiger partial charge < -0.3 is 0 Å². The number of hydrogen-bond acceptors (Lipinski definition) is 0. The fourth-order valence-electron chi connectivity index (χ4n) is 5.56. The van der Waals surface area contributed by atoms with Gasteiger partial charge in [-0.2, -0.15) is 0 Å². The van der Waals surface area contributed by atoms with E-state index < -0.39 is 0 Å². The molecular formula is C34H24. The third kappa shape index (κ3) is 3.15. The normalized spacial score (nSPS) is 12.5. The smallest absolute Gasteiger partial charge is 0.00704 e. The summed E-state index contributed by atoms with van der Waals surface area (Å²) in [4.78, 5) is 0. The van der Waals surface area contributed by atoms with Crippen LogP contribution in [0.4, 0.5) is 0 Å². The van der Waals surface area contributed by atoms with Crippen molar-refractivity contribution in [1.82, 2.24) is 0 Å². The lowest BCUT2D eigenvalue weighted by Gasteiger charge is -2.22. The molecule has 1 aliphatic carbocycles. The lowest BCUT2D eigenvalue weighted by Crippen LogP contribution is -2.04. The summed E-state index contributed by atoms with van der Waals surface area (Å²) in [7, 11) is 0. The minimum absolute atomic E-state index is 1.10. The first-order valence-corrected chi connectivity index (χ1v) is 12.1. The SMILES string of the molecule is c1ccc2cc(-c3ccc(-c4ccc5c(c4)CCc4ccc6ccccc6c4-5)cc3)ccc2c1. The molecule has 0 aliphatic heterocycles. The highest BCUT2D eigenvalue weighted by Gasteiger charge is 2.19. The van der Waals surface area contributed by atoms with Crippen molar-refractivity contribution in [3.8, 4) is 33.4 Å². The van der Waals surface area contributed by atoms with Crippen molar-refractivity contribution in [1.29, 1.82) is 0 Å². The molecule has 0 heterocycles. The van der Waals surface area contributed by atoms with Crippen LogP contribution in [0.2, 0.25) is 0 Å². The molecule has 0 spiro atoms. The van der Waals surface area contributed by atoms with Crippen LogP contribution in [-0.2, 0) is 12.8 Å². The van der Waals surface area contributed by atoms with Crippen LogP contribution in [0.1, 0.15) is 11.1 Å². The molecule has 0 radical (unpaired) electrons. The summed E-state index contributed by atoms with van der Waals surface area (Å²) in [5.74, 6) is 0. The summed E-state index contributed by atoms with van der Waals surface area (Å²) in [5.41, 5.74) is 10.8. The fourth-order valence-corrected chi connectivity index (χ4v) is 5.56. The second-order valence-electron chi connectivity index (χ2n) is 9.33. The molecule has 34 heavy (non-hydrogen) atoms. The van der Waals surface area contributed by atoms with Crippen LogP contribution in [0.15, 0.2) is 121 Å². The zero-order chi connectivity index (χ0) is 22.5. The number of fused-ring (bicyclic) bond motifs is 6. The molecule has 6 aromatic rings. The summed E-state index contributed by atoms with van der Waals surface area (Å²) < 4.78 is 0. The van der Waals surface area contributed by atoms with E-state index >= 15 is 0 Å². The summed E-state index contributed by atoms with van der Waals surface area (Å²) in [6.07, 6.45) is 2.21. The van der Waals surface area contributed by atoms with Crippen LogP contribution in [0, 0.1) is 0 Å². The van der Waals surface area contributed by atoms with E-state index in [1.54, 1.807) is 0 Å². The first-order chi connectivity index (χ1) is 16.8. The quantitative estimate of drug-likeness (QED) is 0.256. The van der Waals surface area contributed by atoms with Crippen LogP contribution in [0.3, 0.4) is 0 Å². The molecule has 0 saturated carbocycles. The Morgan fingerprint density at radius 3 is 1.79 bits per heavy atom. The molecule has 0 amide bonds. The zero-order valence-corrected chi connectivity index (χ0v) is 19.0. The van der Waals surface area contributed by atoms with E-state index in [1.807, 2.05) is 0 Å². The van der Waals surface area contributed by atoms with Gasteiger partial charge in [0.25, 0.3) is 0 Å². The van der Waals surface area contributed by atoms with E-state index in [4.69, 9.17) is 0 Å². The molecule has 0 aromatic heterocycles. The number of aryl methyl sites for hydroxylation is 2. The topological polar surface area (TPSA) is 0 Å². The van der Waals surface area contributed by atoms with Gasteiger partial charge in [-0.15, -0.1) is 0 Å². The monoisotopic (exact) mass is 432 g/mol. The van der Waals surface area contributed by atoms with Gasteiger partial charge in [0, 0.05) is 0 Å². The molecule has 160 valence electrons. The summed E-state index contributed by atoms with van der Waals surface area (Å²) >= 11 is 0. The maximum atomic E-state index is 2.41. The molecule has 0 unspecified atom stereocenters. The molecule has 0 bridgehead atoms. The van der Waals surface area contributed by atoms with E-state index in [1.165, 1.54) is 66.1 Å². The number of benzene rings is 6. The lowest BCUT2D eigenvalue weighted by atomic mass is 9.81. The Morgan fingerprint density at radius 1 is 0.382 bits per heavy atom. The molecule has 0 saturated heterocycles. The van der Waals surface area contributed by atoms with Crippen molar-refractivity contribution >= 4 is 21.5 Å². The molecule has 0 N–H and O–H groups in total. The summed E-state index contributed by atoms with van der Waals surface area (Å²) in [6.45, 7) is 0. The predicted molar refractivity (Wildman–Crippen MR) is 145 cm³/mol. The Balaban J connectivity index is 1.26. The van der Waals surface area contributed by atoms with Gasteiger partial charge in [0.15, 0.2) is 0 Å². The van der Waals surface area contributed by atoms with E-state index in [-0.39, 0.29) is 0 Å².